The maximum Gasteiger partial charge on any atom is 0.416 e. The number of urea groups is 1. The van der Waals surface area contributed by atoms with Crippen LogP contribution in [0.2, 0.25) is 0 Å². The largest absolute Gasteiger partial charge is 0.457 e. The molecule has 28 heavy (non-hydrogen) atoms. The molecule has 3 N–H and O–H groups in total. The Balaban J connectivity index is 1.52. The second kappa shape index (κ2) is 8.30. The molecule has 9 heteroatoms. The topological polar surface area (TPSA) is 75.3 Å². The highest BCUT2D eigenvalue weighted by molar-refractivity contribution is 5.90. The van der Waals surface area contributed by atoms with Crippen molar-refractivity contribution < 1.29 is 22.7 Å². The van der Waals surface area contributed by atoms with Crippen LogP contribution in [0.4, 0.5) is 29.3 Å². The summed E-state index contributed by atoms with van der Waals surface area (Å²) in [5, 5.41) is 2.33. The van der Waals surface area contributed by atoms with E-state index in [2.05, 4.69) is 21.2 Å². The first kappa shape index (κ1) is 19.0. The zero-order valence-corrected chi connectivity index (χ0v) is 14.3. The fourth-order valence-electron chi connectivity index (χ4n) is 2.21. The number of rotatable bonds is 5. The van der Waals surface area contributed by atoms with Crippen molar-refractivity contribution in [1.82, 2.24) is 10.4 Å². The summed E-state index contributed by atoms with van der Waals surface area (Å²) in [5.41, 5.74) is 4.73. The van der Waals surface area contributed by atoms with Crippen molar-refractivity contribution in [3.63, 3.8) is 0 Å². The Hall–Kier alpha value is -3.75. The molecule has 2 aromatic carbocycles. The van der Waals surface area contributed by atoms with Gasteiger partial charge in [0.25, 0.3) is 0 Å². The first-order valence-electron chi connectivity index (χ1n) is 8.08. The standard InChI is InChI=1S/C19H15F3N4O2/c20-19(21,22)13-2-1-3-15(12-13)24-18(27)26-25-14-4-6-16(7-5-14)28-17-8-10-23-11-9-17/h1-12,25H,(H2,24,26,27). The molecule has 3 rings (SSSR count). The predicted octanol–water partition coefficient (Wildman–Crippen LogP) is 5.04. The van der Waals surface area contributed by atoms with E-state index in [1.165, 1.54) is 12.1 Å². The van der Waals surface area contributed by atoms with Gasteiger partial charge in [0.2, 0.25) is 0 Å². The Morgan fingerprint density at radius 3 is 2.25 bits per heavy atom. The number of aromatic nitrogens is 1. The number of pyridine rings is 1. The van der Waals surface area contributed by atoms with Crippen molar-refractivity contribution in [3.05, 3.63) is 78.6 Å². The van der Waals surface area contributed by atoms with Crippen molar-refractivity contribution in [3.8, 4) is 11.5 Å². The maximum atomic E-state index is 12.7. The van der Waals surface area contributed by atoms with Gasteiger partial charge in [-0.3, -0.25) is 15.8 Å². The number of nitrogens with zero attached hydrogens (tertiary/aromatic N) is 1. The van der Waals surface area contributed by atoms with Crippen molar-refractivity contribution >= 4 is 17.4 Å². The molecule has 0 aliphatic rings. The summed E-state index contributed by atoms with van der Waals surface area (Å²) < 4.78 is 43.7. The Morgan fingerprint density at radius 2 is 1.57 bits per heavy atom. The van der Waals surface area contributed by atoms with E-state index >= 15 is 0 Å². The van der Waals surface area contributed by atoms with Gasteiger partial charge in [-0.1, -0.05) is 6.07 Å². The van der Waals surface area contributed by atoms with E-state index in [1.807, 2.05) is 0 Å². The maximum absolute atomic E-state index is 12.7. The lowest BCUT2D eigenvalue weighted by Gasteiger charge is -2.12. The normalized spacial score (nSPS) is 10.8. The second-order valence-corrected chi connectivity index (χ2v) is 5.59. The van der Waals surface area contributed by atoms with Gasteiger partial charge >= 0.3 is 12.2 Å². The molecular weight excluding hydrogens is 373 g/mol. The first-order chi connectivity index (χ1) is 13.4. The summed E-state index contributed by atoms with van der Waals surface area (Å²) in [7, 11) is 0. The van der Waals surface area contributed by atoms with Crippen LogP contribution < -0.4 is 20.9 Å². The molecule has 1 heterocycles. The van der Waals surface area contributed by atoms with Crippen LogP contribution in [0.1, 0.15) is 5.56 Å². The van der Waals surface area contributed by atoms with Gasteiger partial charge in [0.15, 0.2) is 0 Å². The fraction of sp³-hybridized carbons (Fsp3) is 0.0526. The zero-order valence-electron chi connectivity index (χ0n) is 14.3. The Kier molecular flexibility index (Phi) is 5.64. The molecule has 0 aliphatic heterocycles. The van der Waals surface area contributed by atoms with Gasteiger partial charge in [0.05, 0.1) is 11.3 Å². The summed E-state index contributed by atoms with van der Waals surface area (Å²) in [6.07, 6.45) is -1.26. The molecular formula is C19H15F3N4O2. The van der Waals surface area contributed by atoms with E-state index in [9.17, 15) is 18.0 Å². The molecule has 1 aromatic heterocycles. The van der Waals surface area contributed by atoms with E-state index in [4.69, 9.17) is 4.74 Å². The number of hydrogen-bond donors (Lipinski definition) is 3. The molecule has 144 valence electrons. The molecule has 0 bridgehead atoms. The number of halogens is 3. The predicted molar refractivity (Wildman–Crippen MR) is 98.0 cm³/mol. The van der Waals surface area contributed by atoms with Crippen LogP contribution in [0.3, 0.4) is 0 Å². The summed E-state index contributed by atoms with van der Waals surface area (Å²) in [4.78, 5) is 15.8. The third kappa shape index (κ3) is 5.37. The number of amides is 2. The minimum Gasteiger partial charge on any atom is -0.457 e. The first-order valence-corrected chi connectivity index (χ1v) is 8.08. The van der Waals surface area contributed by atoms with Crippen LogP contribution in [0, 0.1) is 0 Å². The molecule has 0 aliphatic carbocycles. The van der Waals surface area contributed by atoms with Gasteiger partial charge < -0.3 is 10.1 Å². The monoisotopic (exact) mass is 388 g/mol. The Morgan fingerprint density at radius 1 is 0.893 bits per heavy atom. The molecule has 0 saturated heterocycles. The van der Waals surface area contributed by atoms with E-state index in [0.29, 0.717) is 17.2 Å². The number of anilines is 2. The number of ether oxygens (including phenoxy) is 1. The van der Waals surface area contributed by atoms with Crippen molar-refractivity contribution in [1.29, 1.82) is 0 Å². The quantitative estimate of drug-likeness (QED) is 0.535. The zero-order chi connectivity index (χ0) is 20.0. The molecule has 3 aromatic rings. The van der Waals surface area contributed by atoms with Gasteiger partial charge in [-0.05, 0) is 54.6 Å². The Labute approximate surface area is 158 Å². The molecule has 0 atom stereocenters. The lowest BCUT2D eigenvalue weighted by Crippen LogP contribution is -2.33. The molecule has 2 amide bonds. The highest BCUT2D eigenvalue weighted by Gasteiger charge is 2.30. The van der Waals surface area contributed by atoms with Crippen LogP contribution in [0.5, 0.6) is 11.5 Å². The number of carbonyl (C=O) groups is 1. The molecule has 0 saturated carbocycles. The van der Waals surface area contributed by atoms with Crippen LogP contribution in [-0.4, -0.2) is 11.0 Å². The van der Waals surface area contributed by atoms with Crippen LogP contribution in [-0.2, 0) is 6.18 Å². The average Bonchev–Trinajstić information content (AvgIpc) is 2.68. The molecule has 0 radical (unpaired) electrons. The second-order valence-electron chi connectivity index (χ2n) is 5.59. The van der Waals surface area contributed by atoms with Gasteiger partial charge in [-0.25, -0.2) is 4.79 Å². The van der Waals surface area contributed by atoms with Crippen molar-refractivity contribution in [2.75, 3.05) is 10.7 Å². The van der Waals surface area contributed by atoms with Gasteiger partial charge in [-0.2, -0.15) is 13.2 Å². The fourth-order valence-corrected chi connectivity index (χ4v) is 2.21. The van der Waals surface area contributed by atoms with Gasteiger partial charge in [-0.15, -0.1) is 0 Å². The summed E-state index contributed by atoms with van der Waals surface area (Å²) in [5.74, 6) is 1.22. The van der Waals surface area contributed by atoms with E-state index < -0.39 is 17.8 Å². The number of hydrogen-bond acceptors (Lipinski definition) is 4. The van der Waals surface area contributed by atoms with Crippen molar-refractivity contribution in [2.45, 2.75) is 6.18 Å². The van der Waals surface area contributed by atoms with Crippen molar-refractivity contribution in [2.24, 2.45) is 0 Å². The minimum atomic E-state index is -4.48. The van der Waals surface area contributed by atoms with Gasteiger partial charge in [0, 0.05) is 18.1 Å². The number of carbonyl (C=O) groups excluding carboxylic acids is 1. The smallest absolute Gasteiger partial charge is 0.416 e. The highest BCUT2D eigenvalue weighted by atomic mass is 19.4. The van der Waals surface area contributed by atoms with Crippen LogP contribution in [0.15, 0.2) is 73.1 Å². The van der Waals surface area contributed by atoms with Crippen LogP contribution >= 0.6 is 0 Å². The highest BCUT2D eigenvalue weighted by Crippen LogP contribution is 2.30. The molecule has 6 nitrogen and oxygen atoms in total. The average molecular weight is 388 g/mol. The minimum absolute atomic E-state index is 0.0234. The summed E-state index contributed by atoms with van der Waals surface area (Å²) >= 11 is 0. The third-order valence-electron chi connectivity index (χ3n) is 3.51. The van der Waals surface area contributed by atoms with Crippen LogP contribution in [0.25, 0.3) is 0 Å². The SMILES string of the molecule is O=C(NNc1ccc(Oc2ccncc2)cc1)Nc1cccc(C(F)(F)F)c1. The van der Waals surface area contributed by atoms with E-state index in [-0.39, 0.29) is 5.69 Å². The summed E-state index contributed by atoms with van der Waals surface area (Å²) in [6.45, 7) is 0. The van der Waals surface area contributed by atoms with Gasteiger partial charge in [0.1, 0.15) is 11.5 Å². The number of alkyl halides is 3. The lowest BCUT2D eigenvalue weighted by molar-refractivity contribution is -0.137. The molecule has 0 unspecified atom stereocenters. The Bertz CT molecular complexity index is 932. The summed E-state index contributed by atoms with van der Waals surface area (Å²) in [6, 6.07) is 13.8. The molecule has 0 fully saturated rings. The lowest BCUT2D eigenvalue weighted by atomic mass is 10.2. The third-order valence-corrected chi connectivity index (χ3v) is 3.51. The number of nitrogens with one attached hydrogen (secondary N) is 3. The number of benzene rings is 2. The molecule has 0 spiro atoms. The number of hydrazine groups is 1. The van der Waals surface area contributed by atoms with E-state index in [1.54, 1.807) is 48.8 Å². The van der Waals surface area contributed by atoms with E-state index in [0.717, 1.165) is 12.1 Å².